The van der Waals surface area contributed by atoms with E-state index in [0.29, 0.717) is 10.7 Å². The summed E-state index contributed by atoms with van der Waals surface area (Å²) in [6, 6.07) is 1.58. The number of hydrogen-bond acceptors (Lipinski definition) is 3. The predicted octanol–water partition coefficient (Wildman–Crippen LogP) is 0.493. The molecule has 0 amide bonds. The Kier molecular flexibility index (Phi) is 2.38. The highest BCUT2D eigenvalue weighted by Gasteiger charge is 2.14. The Balaban J connectivity index is 3.00. The molecule has 0 fully saturated rings. The van der Waals surface area contributed by atoms with Gasteiger partial charge in [0.2, 0.25) is 0 Å². The first-order chi connectivity index (χ1) is 5.16. The van der Waals surface area contributed by atoms with E-state index in [1.807, 2.05) is 0 Å². The Morgan fingerprint density at radius 2 is 2.45 bits per heavy atom. The molecule has 5 heteroatoms. The molecule has 0 saturated heterocycles. The highest BCUT2D eigenvalue weighted by atomic mass is 35.5. The van der Waals surface area contributed by atoms with Gasteiger partial charge in [-0.15, -0.1) is 0 Å². The van der Waals surface area contributed by atoms with Crippen LogP contribution in [0.4, 0.5) is 0 Å². The highest BCUT2D eigenvalue weighted by molar-refractivity contribution is 6.31. The van der Waals surface area contributed by atoms with Crippen molar-refractivity contribution in [2.24, 2.45) is 0 Å². The van der Waals surface area contributed by atoms with E-state index >= 15 is 0 Å². The Bertz CT molecular complexity index is 229. The van der Waals surface area contributed by atoms with Gasteiger partial charge in [-0.3, -0.25) is 4.68 Å². The summed E-state index contributed by atoms with van der Waals surface area (Å²) in [5.74, 6) is 5.41. The van der Waals surface area contributed by atoms with E-state index in [9.17, 15) is 5.11 Å². The fraction of sp³-hybridized carbons (Fsp3) is 0.333. The number of nitrogen functional groups attached to an aromatic ring is 1. The van der Waals surface area contributed by atoms with Crippen molar-refractivity contribution in [3.8, 4) is 0 Å². The van der Waals surface area contributed by atoms with E-state index in [1.54, 1.807) is 12.3 Å². The molecule has 11 heavy (non-hydrogen) atoms. The first-order valence-electron chi connectivity index (χ1n) is 2.99. The van der Waals surface area contributed by atoms with Crippen LogP contribution < -0.4 is 5.84 Å². The number of aliphatic hydroxyl groups is 1. The van der Waals surface area contributed by atoms with Crippen molar-refractivity contribution in [1.82, 2.24) is 4.68 Å². The van der Waals surface area contributed by atoms with Crippen LogP contribution in [0.3, 0.4) is 0 Å². The summed E-state index contributed by atoms with van der Waals surface area (Å²) in [5.41, 5.74) is 0.356. The molecule has 1 aromatic heterocycles. The molecule has 0 radical (unpaired) electrons. The fourth-order valence-corrected chi connectivity index (χ4v) is 1.04. The average Bonchev–Trinajstić information content (AvgIpc) is 2.30. The fourth-order valence-electron chi connectivity index (χ4n) is 0.792. The van der Waals surface area contributed by atoms with E-state index in [1.165, 1.54) is 11.8 Å². The van der Waals surface area contributed by atoms with Crippen molar-refractivity contribution < 1.29 is 9.84 Å². The number of nitrogens with two attached hydrogens (primary N) is 1. The highest BCUT2D eigenvalue weighted by Crippen LogP contribution is 2.22. The average molecular weight is 177 g/mol. The lowest BCUT2D eigenvalue weighted by atomic mass is 10.4. The molecule has 1 unspecified atom stereocenters. The topological polar surface area (TPSA) is 60.4 Å². The summed E-state index contributed by atoms with van der Waals surface area (Å²) in [5, 5.41) is 9.56. The third kappa shape index (κ3) is 1.48. The molecule has 4 nitrogen and oxygen atoms in total. The summed E-state index contributed by atoms with van der Waals surface area (Å²) >= 11 is 5.68. The van der Waals surface area contributed by atoms with Crippen molar-refractivity contribution in [1.29, 1.82) is 0 Å². The first kappa shape index (κ1) is 8.39. The van der Waals surface area contributed by atoms with Gasteiger partial charge in [-0.1, -0.05) is 11.6 Å². The molecule has 0 aliphatic rings. The number of aromatic nitrogens is 1. The van der Waals surface area contributed by atoms with Crippen LogP contribution in [0.2, 0.25) is 5.02 Å². The summed E-state index contributed by atoms with van der Waals surface area (Å²) in [6.07, 6.45) is 0.474. The maximum atomic E-state index is 9.17. The van der Waals surface area contributed by atoms with Crippen molar-refractivity contribution in [2.45, 2.75) is 6.29 Å². The molecular weight excluding hydrogens is 168 g/mol. The van der Waals surface area contributed by atoms with Gasteiger partial charge in [-0.05, 0) is 6.07 Å². The van der Waals surface area contributed by atoms with Crippen LogP contribution in [0.1, 0.15) is 12.0 Å². The minimum Gasteiger partial charge on any atom is -0.363 e. The Labute approximate surface area is 69.1 Å². The van der Waals surface area contributed by atoms with Gasteiger partial charge < -0.3 is 15.7 Å². The van der Waals surface area contributed by atoms with Gasteiger partial charge in [0.05, 0.1) is 5.02 Å². The molecule has 0 aromatic carbocycles. The quantitative estimate of drug-likeness (QED) is 0.510. The van der Waals surface area contributed by atoms with Crippen molar-refractivity contribution >= 4 is 11.6 Å². The van der Waals surface area contributed by atoms with Crippen LogP contribution in [0.25, 0.3) is 0 Å². The van der Waals surface area contributed by atoms with Gasteiger partial charge in [0.15, 0.2) is 6.29 Å². The van der Waals surface area contributed by atoms with Gasteiger partial charge in [-0.2, -0.15) is 0 Å². The maximum absolute atomic E-state index is 9.17. The van der Waals surface area contributed by atoms with Gasteiger partial charge in [-0.25, -0.2) is 0 Å². The Hall–Kier alpha value is -0.710. The Morgan fingerprint density at radius 3 is 2.82 bits per heavy atom. The molecular formula is C6H9ClN2O2. The minimum atomic E-state index is -1.07. The summed E-state index contributed by atoms with van der Waals surface area (Å²) in [6.45, 7) is 0. The molecule has 0 aliphatic heterocycles. The van der Waals surface area contributed by atoms with E-state index in [-0.39, 0.29) is 0 Å². The molecule has 0 aliphatic carbocycles. The van der Waals surface area contributed by atoms with Crippen LogP contribution >= 0.6 is 11.6 Å². The van der Waals surface area contributed by atoms with Crippen LogP contribution in [0.15, 0.2) is 12.3 Å². The molecule has 3 N–H and O–H groups in total. The van der Waals surface area contributed by atoms with Crippen molar-refractivity contribution in [3.05, 3.63) is 23.0 Å². The second-order valence-corrected chi connectivity index (χ2v) is 2.45. The Morgan fingerprint density at radius 1 is 1.82 bits per heavy atom. The smallest absolute Gasteiger partial charge is 0.199 e. The second kappa shape index (κ2) is 3.13. The number of hydrogen-bond donors (Lipinski definition) is 2. The summed E-state index contributed by atoms with van der Waals surface area (Å²) in [7, 11) is 1.37. The number of ether oxygens (including phenoxy) is 1. The van der Waals surface area contributed by atoms with Gasteiger partial charge in [0.1, 0.15) is 5.69 Å². The van der Waals surface area contributed by atoms with E-state index in [0.717, 1.165) is 0 Å². The molecule has 0 bridgehead atoms. The second-order valence-electron chi connectivity index (χ2n) is 2.04. The van der Waals surface area contributed by atoms with E-state index in [4.69, 9.17) is 17.4 Å². The van der Waals surface area contributed by atoms with Crippen LogP contribution in [-0.2, 0) is 4.74 Å². The zero-order chi connectivity index (χ0) is 8.43. The lowest BCUT2D eigenvalue weighted by Crippen LogP contribution is -2.15. The molecule has 0 spiro atoms. The van der Waals surface area contributed by atoms with Gasteiger partial charge >= 0.3 is 0 Å². The number of nitrogens with zero attached hydrogens (tertiary/aromatic N) is 1. The standard InChI is InChI=1S/C6H9ClN2O2/c1-11-6(10)5-4(7)2-3-9(5)8/h2-3,6,10H,8H2,1H3. The largest absolute Gasteiger partial charge is 0.363 e. The molecule has 1 atom stereocenters. The molecule has 1 rings (SSSR count). The van der Waals surface area contributed by atoms with Crippen LogP contribution in [0, 0.1) is 0 Å². The summed E-state index contributed by atoms with van der Waals surface area (Å²) < 4.78 is 5.85. The zero-order valence-electron chi connectivity index (χ0n) is 5.99. The third-order valence-corrected chi connectivity index (χ3v) is 1.68. The van der Waals surface area contributed by atoms with Gasteiger partial charge in [0.25, 0.3) is 0 Å². The van der Waals surface area contributed by atoms with Crippen LogP contribution in [0.5, 0.6) is 0 Å². The maximum Gasteiger partial charge on any atom is 0.199 e. The number of halogens is 1. The molecule has 0 saturated carbocycles. The molecule has 62 valence electrons. The molecule has 1 aromatic rings. The predicted molar refractivity (Wildman–Crippen MR) is 41.6 cm³/mol. The van der Waals surface area contributed by atoms with E-state index in [2.05, 4.69) is 4.74 Å². The zero-order valence-corrected chi connectivity index (χ0v) is 6.75. The number of aliphatic hydroxyl groups excluding tert-OH is 1. The van der Waals surface area contributed by atoms with Crippen molar-refractivity contribution in [2.75, 3.05) is 13.0 Å². The molecule has 1 heterocycles. The van der Waals surface area contributed by atoms with Gasteiger partial charge in [0, 0.05) is 13.3 Å². The van der Waals surface area contributed by atoms with Crippen LogP contribution in [-0.4, -0.2) is 16.9 Å². The first-order valence-corrected chi connectivity index (χ1v) is 3.37. The number of methoxy groups -OCH3 is 1. The number of rotatable bonds is 2. The lowest BCUT2D eigenvalue weighted by Gasteiger charge is -2.09. The summed E-state index contributed by atoms with van der Waals surface area (Å²) in [4.78, 5) is 0. The van der Waals surface area contributed by atoms with Crippen molar-refractivity contribution in [3.63, 3.8) is 0 Å². The lowest BCUT2D eigenvalue weighted by molar-refractivity contribution is -0.0810. The minimum absolute atomic E-state index is 0.356. The SMILES string of the molecule is COC(O)c1c(Cl)ccn1N. The monoisotopic (exact) mass is 176 g/mol. The third-order valence-electron chi connectivity index (χ3n) is 1.36. The van der Waals surface area contributed by atoms with E-state index < -0.39 is 6.29 Å². The normalized spacial score (nSPS) is 13.4.